The van der Waals surface area contributed by atoms with Crippen LogP contribution in [0.15, 0.2) is 48.5 Å². The van der Waals surface area contributed by atoms with Gasteiger partial charge in [0.05, 0.1) is 37.3 Å². The molecule has 0 saturated carbocycles. The Morgan fingerprint density at radius 1 is 0.711 bits per heavy atom. The highest BCUT2D eigenvalue weighted by Crippen LogP contribution is 2.58. The molecule has 0 radical (unpaired) electrons. The highest BCUT2D eigenvalue weighted by molar-refractivity contribution is 5.97. The van der Waals surface area contributed by atoms with Gasteiger partial charge < -0.3 is 40.1 Å². The van der Waals surface area contributed by atoms with Crippen LogP contribution >= 0.6 is 0 Å². The zero-order chi connectivity index (χ0) is 32.6. The van der Waals surface area contributed by atoms with Crippen LogP contribution in [-0.4, -0.2) is 96.5 Å². The Morgan fingerprint density at radius 2 is 1.29 bits per heavy atom. The van der Waals surface area contributed by atoms with Crippen molar-refractivity contribution in [2.75, 3.05) is 26.2 Å². The lowest BCUT2D eigenvalue weighted by atomic mass is 9.76. The fraction of sp³-hybridized carbons (Fsp3) is 0.233. The van der Waals surface area contributed by atoms with Crippen LogP contribution in [0, 0.1) is 0 Å². The first-order valence-corrected chi connectivity index (χ1v) is 13.3. The fourth-order valence-electron chi connectivity index (χ4n) is 5.74. The van der Waals surface area contributed by atoms with Gasteiger partial charge >= 0.3 is 29.8 Å². The maximum atomic E-state index is 13.3. The van der Waals surface area contributed by atoms with Crippen molar-refractivity contribution < 1.29 is 64.1 Å². The van der Waals surface area contributed by atoms with Gasteiger partial charge in [-0.1, -0.05) is 18.2 Å². The van der Waals surface area contributed by atoms with Gasteiger partial charge in [-0.25, -0.2) is 4.79 Å². The molecule has 0 amide bonds. The number of hydrogen-bond acceptors (Lipinski definition) is 11. The first-order chi connectivity index (χ1) is 21.3. The highest BCUT2D eigenvalue weighted by Gasteiger charge is 2.54. The lowest BCUT2D eigenvalue weighted by Gasteiger charge is -2.38. The van der Waals surface area contributed by atoms with Crippen LogP contribution in [0.4, 0.5) is 0 Å². The van der Waals surface area contributed by atoms with E-state index in [4.69, 9.17) is 9.47 Å². The predicted molar refractivity (Wildman–Crippen MR) is 149 cm³/mol. The topological polar surface area (TPSA) is 232 Å². The van der Waals surface area contributed by atoms with Crippen LogP contribution in [0.2, 0.25) is 0 Å². The Labute approximate surface area is 253 Å². The van der Waals surface area contributed by atoms with Gasteiger partial charge in [-0.2, -0.15) is 0 Å². The summed E-state index contributed by atoms with van der Waals surface area (Å²) in [5, 5.41) is 59.6. The molecule has 0 unspecified atom stereocenters. The number of aromatic hydroxyl groups is 2. The van der Waals surface area contributed by atoms with E-state index in [0.717, 1.165) is 9.80 Å². The van der Waals surface area contributed by atoms with Gasteiger partial charge in [-0.15, -0.1) is 0 Å². The second-order valence-electron chi connectivity index (χ2n) is 10.5. The standard InChI is InChI=1S/C30H26N2O13/c33-16-5-6-20-22(8-16)44-28-18(10-32(13-25(38)39)14-26(40)41)27(42)15(9-31(11-23(34)35)12-24(36)37)7-21(28)30(20)19-4-2-1-3-17(19)29(43)45-30/h1-8,33,42H,9-14H2,(H,34,35)(H,36,37)(H,38,39)(H,40,41)/t30-/m0/s1. The Morgan fingerprint density at radius 3 is 1.89 bits per heavy atom. The van der Waals surface area contributed by atoms with Gasteiger partial charge in [0.1, 0.15) is 23.0 Å². The molecule has 2 aliphatic rings. The molecule has 0 aliphatic carbocycles. The number of phenolic OH excluding ortho intramolecular Hbond substituents is 2. The van der Waals surface area contributed by atoms with Crippen molar-refractivity contribution >= 4 is 29.8 Å². The number of fused-ring (bicyclic) bond motifs is 6. The van der Waals surface area contributed by atoms with Crippen LogP contribution in [0.25, 0.3) is 0 Å². The molecule has 3 aromatic carbocycles. The van der Waals surface area contributed by atoms with E-state index in [0.29, 0.717) is 5.56 Å². The van der Waals surface area contributed by atoms with E-state index < -0.39 is 80.5 Å². The van der Waals surface area contributed by atoms with Crippen LogP contribution in [0.1, 0.15) is 38.2 Å². The van der Waals surface area contributed by atoms with E-state index in [1.54, 1.807) is 18.2 Å². The second-order valence-corrected chi connectivity index (χ2v) is 10.5. The van der Waals surface area contributed by atoms with Gasteiger partial charge in [0.2, 0.25) is 0 Å². The number of rotatable bonds is 12. The van der Waals surface area contributed by atoms with Crippen LogP contribution in [-0.2, 0) is 42.6 Å². The molecule has 2 aliphatic heterocycles. The first-order valence-electron chi connectivity index (χ1n) is 13.3. The van der Waals surface area contributed by atoms with Crippen LogP contribution in [0.3, 0.4) is 0 Å². The number of ether oxygens (including phenoxy) is 2. The van der Waals surface area contributed by atoms with Crippen molar-refractivity contribution in [3.63, 3.8) is 0 Å². The zero-order valence-corrected chi connectivity index (χ0v) is 23.3. The van der Waals surface area contributed by atoms with Crippen molar-refractivity contribution in [2.45, 2.75) is 18.7 Å². The summed E-state index contributed by atoms with van der Waals surface area (Å²) in [5.74, 6) is -7.07. The molecule has 0 bridgehead atoms. The average Bonchev–Trinajstić information content (AvgIpc) is 3.22. The summed E-state index contributed by atoms with van der Waals surface area (Å²) < 4.78 is 12.3. The minimum absolute atomic E-state index is 0.0156. The summed E-state index contributed by atoms with van der Waals surface area (Å²) in [6.45, 7) is -3.98. The fourth-order valence-corrected chi connectivity index (χ4v) is 5.74. The predicted octanol–water partition coefficient (Wildman–Crippen LogP) is 1.61. The zero-order valence-electron chi connectivity index (χ0n) is 23.3. The number of aliphatic carboxylic acids is 4. The van der Waals surface area contributed by atoms with E-state index in [1.807, 2.05) is 0 Å². The third-order valence-electron chi connectivity index (χ3n) is 7.35. The maximum absolute atomic E-state index is 13.3. The molecule has 1 atom stereocenters. The summed E-state index contributed by atoms with van der Waals surface area (Å²) >= 11 is 0. The quantitative estimate of drug-likeness (QED) is 0.158. The molecule has 15 nitrogen and oxygen atoms in total. The molecule has 6 N–H and O–H groups in total. The Bertz CT molecular complexity index is 1720. The van der Waals surface area contributed by atoms with Crippen LogP contribution in [0.5, 0.6) is 23.0 Å². The number of phenols is 2. The van der Waals surface area contributed by atoms with Crippen molar-refractivity contribution in [3.05, 3.63) is 81.9 Å². The maximum Gasteiger partial charge on any atom is 0.340 e. The van der Waals surface area contributed by atoms with Crippen molar-refractivity contribution in [2.24, 2.45) is 0 Å². The molecule has 0 saturated heterocycles. The summed E-state index contributed by atoms with van der Waals surface area (Å²) in [5.41, 5.74) is -1.01. The number of carbonyl (C=O) groups is 5. The third kappa shape index (κ3) is 5.81. The van der Waals surface area contributed by atoms with Gasteiger partial charge in [0.25, 0.3) is 0 Å². The molecule has 0 aromatic heterocycles. The van der Waals surface area contributed by atoms with E-state index in [-0.39, 0.29) is 45.1 Å². The van der Waals surface area contributed by atoms with E-state index in [1.165, 1.54) is 30.3 Å². The van der Waals surface area contributed by atoms with Crippen LogP contribution < -0.4 is 4.74 Å². The Kier molecular flexibility index (Phi) is 8.06. The summed E-state index contributed by atoms with van der Waals surface area (Å²) in [6, 6.07) is 11.9. The summed E-state index contributed by atoms with van der Waals surface area (Å²) in [4.78, 5) is 61.6. The molecule has 1 spiro atoms. The van der Waals surface area contributed by atoms with Gasteiger partial charge in [-0.3, -0.25) is 29.0 Å². The molecule has 2 heterocycles. The lowest BCUT2D eigenvalue weighted by molar-refractivity contribution is -0.144. The van der Waals surface area contributed by atoms with Gasteiger partial charge in [0.15, 0.2) is 5.60 Å². The lowest BCUT2D eigenvalue weighted by Crippen LogP contribution is -2.37. The largest absolute Gasteiger partial charge is 0.508 e. The van der Waals surface area contributed by atoms with E-state index >= 15 is 0 Å². The molecule has 3 aromatic rings. The summed E-state index contributed by atoms with van der Waals surface area (Å²) in [6.07, 6.45) is 0. The average molecular weight is 623 g/mol. The SMILES string of the molecule is O=C(O)CN(CC(=O)O)Cc1cc2c(c(CN(CC(=O)O)CC(=O)O)c1O)Oc1cc(O)ccc1[C@]21OC(=O)c2ccccc21. The highest BCUT2D eigenvalue weighted by atomic mass is 16.6. The van der Waals surface area contributed by atoms with Crippen molar-refractivity contribution in [1.29, 1.82) is 0 Å². The minimum Gasteiger partial charge on any atom is -0.508 e. The van der Waals surface area contributed by atoms with E-state index in [2.05, 4.69) is 0 Å². The number of benzene rings is 3. The van der Waals surface area contributed by atoms with Gasteiger partial charge in [0, 0.05) is 41.4 Å². The Hall–Kier alpha value is -5.67. The number of hydrogen-bond donors (Lipinski definition) is 6. The molecular weight excluding hydrogens is 596 g/mol. The number of carboxylic acid groups (broad SMARTS) is 4. The molecule has 234 valence electrons. The first kappa shape index (κ1) is 30.8. The Balaban J connectivity index is 1.80. The molecule has 0 fully saturated rings. The number of nitrogens with zero attached hydrogens (tertiary/aromatic N) is 2. The number of esters is 1. The number of carboxylic acids is 4. The third-order valence-corrected chi connectivity index (χ3v) is 7.35. The monoisotopic (exact) mass is 622 g/mol. The van der Waals surface area contributed by atoms with E-state index in [9.17, 15) is 54.6 Å². The van der Waals surface area contributed by atoms with Crippen molar-refractivity contribution in [1.82, 2.24) is 9.80 Å². The second kappa shape index (κ2) is 11.8. The molecule has 15 heteroatoms. The molecular formula is C30H26N2O13. The van der Waals surface area contributed by atoms with Crippen molar-refractivity contribution in [3.8, 4) is 23.0 Å². The number of carbonyl (C=O) groups excluding carboxylic acids is 1. The summed E-state index contributed by atoms with van der Waals surface area (Å²) in [7, 11) is 0. The smallest absolute Gasteiger partial charge is 0.340 e. The normalized spacial score (nSPS) is 16.1. The minimum atomic E-state index is -1.75. The molecule has 45 heavy (non-hydrogen) atoms. The molecule has 5 rings (SSSR count). The van der Waals surface area contributed by atoms with Gasteiger partial charge in [-0.05, 0) is 24.3 Å².